The highest BCUT2D eigenvalue weighted by atomic mass is 16.5. The molecule has 0 amide bonds. The van der Waals surface area contributed by atoms with Crippen LogP contribution in [0.2, 0.25) is 0 Å². The average molecular weight is 364 g/mol. The van der Waals surface area contributed by atoms with Crippen molar-refractivity contribution in [3.8, 4) is 0 Å². The lowest BCUT2D eigenvalue weighted by Crippen LogP contribution is -2.28. The van der Waals surface area contributed by atoms with Crippen LogP contribution in [0.5, 0.6) is 0 Å². The maximum absolute atomic E-state index is 6.84. The maximum atomic E-state index is 6.84. The Hall–Kier alpha value is -2.90. The summed E-state index contributed by atoms with van der Waals surface area (Å²) in [5, 5.41) is 2.59. The second-order valence-electron chi connectivity index (χ2n) is 7.72. The van der Waals surface area contributed by atoms with Gasteiger partial charge in [-0.25, -0.2) is 0 Å². The molecule has 0 aromatic heterocycles. The molecule has 1 aliphatic heterocycles. The Morgan fingerprint density at radius 3 is 1.96 bits per heavy atom. The summed E-state index contributed by atoms with van der Waals surface area (Å²) in [4.78, 5) is 0. The predicted molar refractivity (Wildman–Crippen MR) is 115 cm³/mol. The van der Waals surface area contributed by atoms with Crippen molar-refractivity contribution in [2.45, 2.75) is 31.0 Å². The molecular formula is C27H24O. The second kappa shape index (κ2) is 7.26. The summed E-state index contributed by atoms with van der Waals surface area (Å²) >= 11 is 0. The van der Waals surface area contributed by atoms with E-state index in [-0.39, 0.29) is 11.7 Å². The van der Waals surface area contributed by atoms with Gasteiger partial charge < -0.3 is 4.74 Å². The zero-order valence-corrected chi connectivity index (χ0v) is 15.9. The molecule has 0 saturated carbocycles. The largest absolute Gasteiger partial charge is 0.362 e. The highest BCUT2D eigenvalue weighted by Gasteiger charge is 2.42. The number of hydrogen-bond acceptors (Lipinski definition) is 1. The van der Waals surface area contributed by atoms with Crippen LogP contribution in [0.1, 0.15) is 29.5 Å². The van der Waals surface area contributed by atoms with Gasteiger partial charge >= 0.3 is 0 Å². The summed E-state index contributed by atoms with van der Waals surface area (Å²) in [5.41, 5.74) is 3.51. The minimum absolute atomic E-state index is 0.224. The van der Waals surface area contributed by atoms with E-state index in [1.165, 1.54) is 27.5 Å². The Balaban J connectivity index is 1.45. The molecule has 0 aliphatic carbocycles. The van der Waals surface area contributed by atoms with Crippen LogP contribution in [0.25, 0.3) is 10.8 Å². The van der Waals surface area contributed by atoms with Crippen molar-refractivity contribution in [3.63, 3.8) is 0 Å². The number of fused-ring (bicyclic) bond motifs is 1. The molecule has 0 N–H and O–H groups in total. The van der Waals surface area contributed by atoms with Crippen molar-refractivity contribution < 1.29 is 4.74 Å². The first-order chi connectivity index (χ1) is 13.8. The zero-order chi connectivity index (χ0) is 18.8. The van der Waals surface area contributed by atoms with E-state index in [2.05, 4.69) is 103 Å². The summed E-state index contributed by atoms with van der Waals surface area (Å²) in [6.45, 7) is 0. The number of ether oxygens (including phenoxy) is 1. The normalized spacial score (nSPS) is 18.4. The SMILES string of the molecule is c1ccc(C2(c3ccccc3)CC[C@@H](Cc3ccc4ccccc4c3)O2)cc1. The van der Waals surface area contributed by atoms with Crippen LogP contribution in [0.3, 0.4) is 0 Å². The Bertz CT molecular complexity index is 1030. The van der Waals surface area contributed by atoms with Gasteiger partial charge in [-0.1, -0.05) is 103 Å². The van der Waals surface area contributed by atoms with Crippen LogP contribution in [0, 0.1) is 0 Å². The smallest absolute Gasteiger partial charge is 0.119 e. The summed E-state index contributed by atoms with van der Waals surface area (Å²) in [7, 11) is 0. The van der Waals surface area contributed by atoms with Crippen molar-refractivity contribution in [3.05, 3.63) is 120 Å². The quantitative estimate of drug-likeness (QED) is 0.401. The van der Waals surface area contributed by atoms with E-state index in [0.717, 1.165) is 19.3 Å². The fourth-order valence-corrected chi connectivity index (χ4v) is 4.55. The lowest BCUT2D eigenvalue weighted by Gasteiger charge is -2.31. The van der Waals surface area contributed by atoms with Crippen molar-refractivity contribution in [1.29, 1.82) is 0 Å². The van der Waals surface area contributed by atoms with Crippen molar-refractivity contribution in [1.82, 2.24) is 0 Å². The molecule has 1 saturated heterocycles. The Morgan fingerprint density at radius 1 is 0.679 bits per heavy atom. The molecule has 0 bridgehead atoms. The second-order valence-corrected chi connectivity index (χ2v) is 7.72. The first kappa shape index (κ1) is 17.2. The number of rotatable bonds is 4. The van der Waals surface area contributed by atoms with Crippen LogP contribution in [0.15, 0.2) is 103 Å². The Kier molecular flexibility index (Phi) is 4.46. The van der Waals surface area contributed by atoms with Gasteiger partial charge in [0.25, 0.3) is 0 Å². The van der Waals surface area contributed by atoms with Gasteiger partial charge in [-0.05, 0) is 46.7 Å². The summed E-state index contributed by atoms with van der Waals surface area (Å²) < 4.78 is 6.84. The molecule has 28 heavy (non-hydrogen) atoms. The molecule has 1 atom stereocenters. The maximum Gasteiger partial charge on any atom is 0.119 e. The van der Waals surface area contributed by atoms with Crippen molar-refractivity contribution >= 4 is 10.8 Å². The van der Waals surface area contributed by atoms with E-state index in [1.807, 2.05) is 0 Å². The topological polar surface area (TPSA) is 9.23 Å². The molecule has 1 heterocycles. The van der Waals surface area contributed by atoms with Gasteiger partial charge in [-0.3, -0.25) is 0 Å². The lowest BCUT2D eigenvalue weighted by molar-refractivity contribution is -0.0159. The van der Waals surface area contributed by atoms with E-state index in [1.54, 1.807) is 0 Å². The highest BCUT2D eigenvalue weighted by molar-refractivity contribution is 5.83. The minimum Gasteiger partial charge on any atom is -0.362 e. The lowest BCUT2D eigenvalue weighted by atomic mass is 9.84. The van der Waals surface area contributed by atoms with E-state index >= 15 is 0 Å². The minimum atomic E-state index is -0.343. The third kappa shape index (κ3) is 3.12. The fourth-order valence-electron chi connectivity index (χ4n) is 4.55. The molecule has 4 aromatic rings. The zero-order valence-electron chi connectivity index (χ0n) is 15.9. The van der Waals surface area contributed by atoms with Crippen LogP contribution in [-0.2, 0) is 16.8 Å². The third-order valence-electron chi connectivity index (χ3n) is 5.94. The summed E-state index contributed by atoms with van der Waals surface area (Å²) in [5.74, 6) is 0. The van der Waals surface area contributed by atoms with Gasteiger partial charge in [-0.15, -0.1) is 0 Å². The van der Waals surface area contributed by atoms with Gasteiger partial charge in [0.1, 0.15) is 5.60 Å². The molecule has 5 rings (SSSR count). The first-order valence-corrected chi connectivity index (χ1v) is 10.1. The molecule has 1 heteroatoms. The number of hydrogen-bond donors (Lipinski definition) is 0. The van der Waals surface area contributed by atoms with Crippen molar-refractivity contribution in [2.24, 2.45) is 0 Å². The molecule has 0 unspecified atom stereocenters. The van der Waals surface area contributed by atoms with E-state index in [0.29, 0.717) is 0 Å². The van der Waals surface area contributed by atoms with Gasteiger partial charge in [0.15, 0.2) is 0 Å². The van der Waals surface area contributed by atoms with Gasteiger partial charge in [0.05, 0.1) is 6.10 Å². The number of benzene rings is 4. The average Bonchev–Trinajstić information content (AvgIpc) is 3.20. The fraction of sp³-hybridized carbons (Fsp3) is 0.185. The molecule has 4 aromatic carbocycles. The summed E-state index contributed by atoms with van der Waals surface area (Å²) in [6, 6.07) is 36.7. The molecule has 1 fully saturated rings. The Labute approximate surface area is 166 Å². The van der Waals surface area contributed by atoms with Crippen molar-refractivity contribution in [2.75, 3.05) is 0 Å². The van der Waals surface area contributed by atoms with Gasteiger partial charge in [-0.2, -0.15) is 0 Å². The first-order valence-electron chi connectivity index (χ1n) is 10.1. The van der Waals surface area contributed by atoms with E-state index in [4.69, 9.17) is 4.74 Å². The van der Waals surface area contributed by atoms with E-state index in [9.17, 15) is 0 Å². The molecular weight excluding hydrogens is 340 g/mol. The highest BCUT2D eigenvalue weighted by Crippen LogP contribution is 2.45. The molecule has 0 spiro atoms. The molecule has 1 nitrogen and oxygen atoms in total. The van der Waals surface area contributed by atoms with Gasteiger partial charge in [0, 0.05) is 0 Å². The standard InChI is InChI=1S/C27H24O/c1-3-11-24(12-4-1)27(25-13-5-2-6-14-25)18-17-26(28-27)20-21-15-16-22-9-7-8-10-23(22)19-21/h1-16,19,26H,17-18,20H2/t26-/m0/s1. The van der Waals surface area contributed by atoms with Crippen LogP contribution >= 0.6 is 0 Å². The third-order valence-corrected chi connectivity index (χ3v) is 5.94. The van der Waals surface area contributed by atoms with E-state index < -0.39 is 0 Å². The molecule has 1 aliphatic rings. The molecule has 0 radical (unpaired) electrons. The van der Waals surface area contributed by atoms with Gasteiger partial charge in [0.2, 0.25) is 0 Å². The molecule has 138 valence electrons. The monoisotopic (exact) mass is 364 g/mol. The van der Waals surface area contributed by atoms with Crippen LogP contribution < -0.4 is 0 Å². The Morgan fingerprint density at radius 2 is 1.29 bits per heavy atom. The van der Waals surface area contributed by atoms with Crippen LogP contribution in [-0.4, -0.2) is 6.10 Å². The van der Waals surface area contributed by atoms with Crippen LogP contribution in [0.4, 0.5) is 0 Å². The summed E-state index contributed by atoms with van der Waals surface area (Å²) in [6.07, 6.45) is 3.25. The predicted octanol–water partition coefficient (Wildman–Crippen LogP) is 6.51.